The van der Waals surface area contributed by atoms with Crippen molar-refractivity contribution in [1.82, 2.24) is 10.3 Å². The Bertz CT molecular complexity index is 1320. The highest BCUT2D eigenvalue weighted by molar-refractivity contribution is 7.80. The second-order valence-electron chi connectivity index (χ2n) is 7.93. The summed E-state index contributed by atoms with van der Waals surface area (Å²) in [7, 11) is 0. The number of nitrogens with zero attached hydrogens (tertiary/aromatic N) is 2. The Morgan fingerprint density at radius 2 is 1.82 bits per heavy atom. The molecule has 170 valence electrons. The lowest BCUT2D eigenvalue weighted by atomic mass is 10.0. The molecule has 1 aliphatic heterocycles. The fourth-order valence-corrected chi connectivity index (χ4v) is 4.58. The number of aromatic nitrogens is 1. The van der Waals surface area contributed by atoms with Gasteiger partial charge in [0.25, 0.3) is 0 Å². The third-order valence-electron chi connectivity index (χ3n) is 5.61. The zero-order valence-electron chi connectivity index (χ0n) is 18.2. The summed E-state index contributed by atoms with van der Waals surface area (Å²) >= 11 is 11.8. The molecule has 6 nitrogen and oxygen atoms in total. The van der Waals surface area contributed by atoms with Crippen molar-refractivity contribution in [3.8, 4) is 11.3 Å². The Labute approximate surface area is 207 Å². The van der Waals surface area contributed by atoms with E-state index < -0.39 is 0 Å². The van der Waals surface area contributed by atoms with Crippen molar-refractivity contribution in [2.24, 2.45) is 0 Å². The third kappa shape index (κ3) is 4.40. The van der Waals surface area contributed by atoms with Gasteiger partial charge in [0, 0.05) is 35.1 Å². The molecule has 3 heterocycles. The summed E-state index contributed by atoms with van der Waals surface area (Å²) in [6, 6.07) is 24.3. The van der Waals surface area contributed by atoms with Crippen LogP contribution in [0.5, 0.6) is 0 Å². The van der Waals surface area contributed by atoms with Gasteiger partial charge in [0.15, 0.2) is 5.11 Å². The number of nitrogens with one attached hydrogen (secondary N) is 2. The van der Waals surface area contributed by atoms with Crippen LogP contribution in [0.1, 0.15) is 30.5 Å². The van der Waals surface area contributed by atoms with Crippen molar-refractivity contribution in [3.63, 3.8) is 0 Å². The summed E-state index contributed by atoms with van der Waals surface area (Å²) in [6.45, 7) is 1.48. The lowest BCUT2D eigenvalue weighted by Crippen LogP contribution is -2.29. The molecule has 0 radical (unpaired) electrons. The first-order chi connectivity index (χ1) is 16.5. The predicted octanol–water partition coefficient (Wildman–Crippen LogP) is 6.13. The maximum Gasteiger partial charge on any atom is 0.221 e. The Kier molecular flexibility index (Phi) is 6.04. The molecule has 4 aromatic rings. The molecule has 2 unspecified atom stereocenters. The quantitative estimate of drug-likeness (QED) is 0.329. The average molecular weight is 489 g/mol. The summed E-state index contributed by atoms with van der Waals surface area (Å²) in [6.07, 6.45) is 1.77. The normalized spacial score (nSPS) is 17.5. The van der Waals surface area contributed by atoms with E-state index in [1.54, 1.807) is 6.20 Å². The molecule has 1 amide bonds. The number of rotatable bonds is 5. The molecule has 1 saturated heterocycles. The van der Waals surface area contributed by atoms with Gasteiger partial charge in [0.1, 0.15) is 17.6 Å². The number of hydrogen-bond donors (Lipinski definition) is 2. The van der Waals surface area contributed by atoms with Gasteiger partial charge in [-0.3, -0.25) is 9.78 Å². The van der Waals surface area contributed by atoms with Crippen molar-refractivity contribution in [1.29, 1.82) is 0 Å². The van der Waals surface area contributed by atoms with Gasteiger partial charge in [-0.2, -0.15) is 0 Å². The molecule has 5 rings (SSSR count). The van der Waals surface area contributed by atoms with Gasteiger partial charge in [-0.1, -0.05) is 17.7 Å². The molecule has 8 heteroatoms. The van der Waals surface area contributed by atoms with E-state index in [0.717, 1.165) is 34.2 Å². The third-order valence-corrected chi connectivity index (χ3v) is 6.18. The van der Waals surface area contributed by atoms with Crippen LogP contribution in [0.15, 0.2) is 89.5 Å². The molecule has 1 fully saturated rings. The number of hydrogen-bond acceptors (Lipinski definition) is 4. The number of benzene rings is 2. The van der Waals surface area contributed by atoms with Gasteiger partial charge in [0.2, 0.25) is 5.91 Å². The molecule has 1 aliphatic rings. The highest BCUT2D eigenvalue weighted by Crippen LogP contribution is 2.43. The fourth-order valence-electron chi connectivity index (χ4n) is 4.11. The monoisotopic (exact) mass is 488 g/mol. The molecule has 2 N–H and O–H groups in total. The lowest BCUT2D eigenvalue weighted by Gasteiger charge is -2.26. The van der Waals surface area contributed by atoms with E-state index in [1.807, 2.05) is 83.8 Å². The first kappa shape index (κ1) is 22.1. The number of furan rings is 1. The van der Waals surface area contributed by atoms with Crippen LogP contribution in [0.4, 0.5) is 11.4 Å². The summed E-state index contributed by atoms with van der Waals surface area (Å²) in [5, 5.41) is 7.45. The van der Waals surface area contributed by atoms with Crippen molar-refractivity contribution in [2.45, 2.75) is 19.0 Å². The van der Waals surface area contributed by atoms with E-state index in [0.29, 0.717) is 10.1 Å². The largest absolute Gasteiger partial charge is 0.459 e. The Hall–Kier alpha value is -3.68. The van der Waals surface area contributed by atoms with E-state index in [1.165, 1.54) is 6.92 Å². The molecule has 2 atom stereocenters. The zero-order valence-corrected chi connectivity index (χ0v) is 19.8. The van der Waals surface area contributed by atoms with Gasteiger partial charge in [-0.15, -0.1) is 0 Å². The maximum atomic E-state index is 11.4. The van der Waals surface area contributed by atoms with Crippen molar-refractivity contribution >= 4 is 46.2 Å². The van der Waals surface area contributed by atoms with E-state index in [2.05, 4.69) is 15.6 Å². The molecular formula is C26H21ClN4O2S. The van der Waals surface area contributed by atoms with E-state index in [9.17, 15) is 4.79 Å². The minimum Gasteiger partial charge on any atom is -0.459 e. The number of amides is 1. The van der Waals surface area contributed by atoms with E-state index in [-0.39, 0.29) is 18.0 Å². The molecule has 2 aromatic heterocycles. The first-order valence-corrected chi connectivity index (χ1v) is 11.5. The molecule has 0 spiro atoms. The van der Waals surface area contributed by atoms with Crippen LogP contribution >= 0.6 is 23.8 Å². The topological polar surface area (TPSA) is 70.4 Å². The van der Waals surface area contributed by atoms with Crippen molar-refractivity contribution in [3.05, 3.63) is 102 Å². The second kappa shape index (κ2) is 9.29. The van der Waals surface area contributed by atoms with Crippen LogP contribution in [-0.2, 0) is 4.79 Å². The summed E-state index contributed by atoms with van der Waals surface area (Å²) in [5.74, 6) is 1.37. The van der Waals surface area contributed by atoms with Crippen molar-refractivity contribution in [2.75, 3.05) is 10.2 Å². The Morgan fingerprint density at radius 3 is 2.50 bits per heavy atom. The molecular weight excluding hydrogens is 468 g/mol. The first-order valence-electron chi connectivity index (χ1n) is 10.7. The van der Waals surface area contributed by atoms with E-state index in [4.69, 9.17) is 28.2 Å². The summed E-state index contributed by atoms with van der Waals surface area (Å²) in [5.41, 5.74) is 3.39. The van der Waals surface area contributed by atoms with Gasteiger partial charge in [-0.25, -0.2) is 0 Å². The highest BCUT2D eigenvalue weighted by Gasteiger charge is 2.42. The summed E-state index contributed by atoms with van der Waals surface area (Å²) in [4.78, 5) is 18.0. The number of carbonyl (C=O) groups is 1. The molecule has 0 saturated carbocycles. The SMILES string of the molecule is CC(=O)Nc1ccc(N2C(=S)NC(c3ccccn3)C2c2ccc(-c3ccc(Cl)cc3)o2)cc1. The fraction of sp³-hybridized carbons (Fsp3) is 0.115. The predicted molar refractivity (Wildman–Crippen MR) is 138 cm³/mol. The van der Waals surface area contributed by atoms with Gasteiger partial charge in [-0.05, 0) is 85.0 Å². The number of pyridine rings is 1. The highest BCUT2D eigenvalue weighted by atomic mass is 35.5. The van der Waals surface area contributed by atoms with Gasteiger partial charge >= 0.3 is 0 Å². The van der Waals surface area contributed by atoms with Gasteiger partial charge < -0.3 is 20.0 Å². The van der Waals surface area contributed by atoms with Crippen LogP contribution in [0, 0.1) is 0 Å². The average Bonchev–Trinajstić information content (AvgIpc) is 3.45. The van der Waals surface area contributed by atoms with Crippen LogP contribution in [0.2, 0.25) is 5.02 Å². The molecule has 2 aromatic carbocycles. The minimum atomic E-state index is -0.268. The standard InChI is InChI=1S/C26H21ClN4O2S/c1-16(32)29-19-9-11-20(12-10-19)31-25(24(30-26(31)34)21-4-2-3-15-28-21)23-14-13-22(33-23)17-5-7-18(27)8-6-17/h2-15,24-25H,1H3,(H,29,32)(H,30,34). The minimum absolute atomic E-state index is 0.121. The summed E-state index contributed by atoms with van der Waals surface area (Å²) < 4.78 is 6.35. The van der Waals surface area contributed by atoms with Crippen LogP contribution in [0.25, 0.3) is 11.3 Å². The Balaban J connectivity index is 1.55. The lowest BCUT2D eigenvalue weighted by molar-refractivity contribution is -0.114. The number of halogens is 1. The number of carbonyl (C=O) groups excluding carboxylic acids is 1. The van der Waals surface area contributed by atoms with Crippen LogP contribution in [-0.4, -0.2) is 16.0 Å². The number of anilines is 2. The van der Waals surface area contributed by atoms with Crippen LogP contribution in [0.3, 0.4) is 0 Å². The van der Waals surface area contributed by atoms with Crippen molar-refractivity contribution < 1.29 is 9.21 Å². The van der Waals surface area contributed by atoms with Crippen LogP contribution < -0.4 is 15.5 Å². The molecule has 0 aliphatic carbocycles. The van der Waals surface area contributed by atoms with Gasteiger partial charge in [0.05, 0.1) is 11.7 Å². The maximum absolute atomic E-state index is 11.4. The zero-order chi connectivity index (χ0) is 23.7. The molecule has 0 bridgehead atoms. The van der Waals surface area contributed by atoms with E-state index >= 15 is 0 Å². The second-order valence-corrected chi connectivity index (χ2v) is 8.76. The number of thiocarbonyl (C=S) groups is 1. The smallest absolute Gasteiger partial charge is 0.221 e. The Morgan fingerprint density at radius 1 is 1.06 bits per heavy atom. The molecule has 34 heavy (non-hydrogen) atoms.